The summed E-state index contributed by atoms with van der Waals surface area (Å²) in [7, 11) is 3.04. The first-order valence-corrected chi connectivity index (χ1v) is 4.76. The van der Waals surface area contributed by atoms with E-state index in [0.717, 1.165) is 4.57 Å². The van der Waals surface area contributed by atoms with Gasteiger partial charge in [-0.25, -0.2) is 14.3 Å². The van der Waals surface area contributed by atoms with Gasteiger partial charge in [0.1, 0.15) is 6.54 Å². The van der Waals surface area contributed by atoms with Gasteiger partial charge in [-0.2, -0.15) is 0 Å². The predicted molar refractivity (Wildman–Crippen MR) is 57.9 cm³/mol. The van der Waals surface area contributed by atoms with Gasteiger partial charge < -0.3 is 9.67 Å². The van der Waals surface area contributed by atoms with Crippen molar-refractivity contribution in [3.8, 4) is 0 Å². The van der Waals surface area contributed by atoms with Crippen molar-refractivity contribution in [1.29, 1.82) is 0 Å². The van der Waals surface area contributed by atoms with E-state index in [2.05, 4.69) is 4.98 Å². The number of imidazole rings is 1. The third kappa shape index (κ3) is 1.53. The van der Waals surface area contributed by atoms with Crippen molar-refractivity contribution in [3.05, 3.63) is 27.2 Å². The van der Waals surface area contributed by atoms with Gasteiger partial charge in [-0.05, 0) is 0 Å². The van der Waals surface area contributed by atoms with Crippen LogP contribution < -0.4 is 11.2 Å². The summed E-state index contributed by atoms with van der Waals surface area (Å²) in [6.07, 6.45) is 1.40. The molecule has 2 rings (SSSR count). The lowest BCUT2D eigenvalue weighted by molar-refractivity contribution is -0.137. The number of fused-ring (bicyclic) bond motifs is 1. The Labute approximate surface area is 94.3 Å². The van der Waals surface area contributed by atoms with Gasteiger partial charge in [0.2, 0.25) is 0 Å². The predicted octanol–water partition coefficient (Wildman–Crippen LogP) is -1.48. The molecule has 8 heteroatoms. The molecule has 0 aliphatic rings. The van der Waals surface area contributed by atoms with E-state index in [4.69, 9.17) is 5.11 Å². The lowest BCUT2D eigenvalue weighted by Gasteiger charge is -2.05. The van der Waals surface area contributed by atoms with Crippen molar-refractivity contribution in [2.24, 2.45) is 14.1 Å². The number of carbonyl (C=O) groups is 1. The molecule has 0 amide bonds. The van der Waals surface area contributed by atoms with Crippen LogP contribution in [0.15, 0.2) is 15.9 Å². The number of aliphatic carboxylic acids is 1. The van der Waals surface area contributed by atoms with Crippen LogP contribution in [0.1, 0.15) is 0 Å². The van der Waals surface area contributed by atoms with E-state index in [1.807, 2.05) is 0 Å². The molecule has 0 saturated carbocycles. The Balaban J connectivity index is 2.94. The Bertz CT molecular complexity index is 721. The fourth-order valence-electron chi connectivity index (χ4n) is 1.67. The molecule has 90 valence electrons. The van der Waals surface area contributed by atoms with Crippen LogP contribution in [0.4, 0.5) is 0 Å². The zero-order chi connectivity index (χ0) is 12.7. The standard InChI is InChI=1S/C9H10N4O4/c1-11-4-10-7-6(11)8(16)13(3-5(14)15)9(17)12(7)2/h4H,3H2,1-2H3,(H,14,15). The highest BCUT2D eigenvalue weighted by molar-refractivity contribution is 5.71. The van der Waals surface area contributed by atoms with Gasteiger partial charge in [-0.15, -0.1) is 0 Å². The summed E-state index contributed by atoms with van der Waals surface area (Å²) in [6.45, 7) is -0.660. The van der Waals surface area contributed by atoms with Gasteiger partial charge >= 0.3 is 11.7 Å². The van der Waals surface area contributed by atoms with E-state index in [0.29, 0.717) is 4.57 Å². The quantitative estimate of drug-likeness (QED) is 0.687. The number of hydrogen-bond acceptors (Lipinski definition) is 4. The number of aryl methyl sites for hydroxylation is 2. The highest BCUT2D eigenvalue weighted by atomic mass is 16.4. The van der Waals surface area contributed by atoms with Crippen molar-refractivity contribution in [3.63, 3.8) is 0 Å². The maximum atomic E-state index is 11.9. The van der Waals surface area contributed by atoms with Crippen LogP contribution in [-0.2, 0) is 25.4 Å². The van der Waals surface area contributed by atoms with Crippen molar-refractivity contribution in [2.45, 2.75) is 6.54 Å². The molecular formula is C9H10N4O4. The topological polar surface area (TPSA) is 99.1 Å². The molecule has 2 heterocycles. The van der Waals surface area contributed by atoms with E-state index in [1.54, 1.807) is 7.05 Å². The molecule has 0 fully saturated rings. The maximum Gasteiger partial charge on any atom is 0.333 e. The Hall–Kier alpha value is -2.38. The van der Waals surface area contributed by atoms with Gasteiger partial charge in [0, 0.05) is 14.1 Å². The van der Waals surface area contributed by atoms with Gasteiger partial charge in [0.25, 0.3) is 5.56 Å². The molecule has 8 nitrogen and oxygen atoms in total. The summed E-state index contributed by atoms with van der Waals surface area (Å²) >= 11 is 0. The summed E-state index contributed by atoms with van der Waals surface area (Å²) < 4.78 is 3.28. The van der Waals surface area contributed by atoms with Gasteiger partial charge in [-0.3, -0.25) is 14.2 Å². The molecule has 0 aliphatic heterocycles. The average molecular weight is 238 g/mol. The van der Waals surface area contributed by atoms with Crippen LogP contribution in [0.3, 0.4) is 0 Å². The van der Waals surface area contributed by atoms with Crippen LogP contribution >= 0.6 is 0 Å². The van der Waals surface area contributed by atoms with Crippen molar-refractivity contribution in [1.82, 2.24) is 18.7 Å². The molecule has 1 N–H and O–H groups in total. The second-order valence-corrected chi connectivity index (χ2v) is 3.65. The van der Waals surface area contributed by atoms with E-state index < -0.39 is 23.8 Å². The molecule has 0 aliphatic carbocycles. The molecule has 0 unspecified atom stereocenters. The van der Waals surface area contributed by atoms with Crippen LogP contribution in [0.5, 0.6) is 0 Å². The second-order valence-electron chi connectivity index (χ2n) is 3.65. The Morgan fingerprint density at radius 2 is 2.06 bits per heavy atom. The van der Waals surface area contributed by atoms with Crippen LogP contribution in [0, 0.1) is 0 Å². The Kier molecular flexibility index (Phi) is 2.34. The average Bonchev–Trinajstić information content (AvgIpc) is 2.63. The molecule has 2 aromatic rings. The van der Waals surface area contributed by atoms with Gasteiger partial charge in [-0.1, -0.05) is 0 Å². The van der Waals surface area contributed by atoms with E-state index in [-0.39, 0.29) is 11.2 Å². The molecule has 2 aromatic heterocycles. The number of carboxylic acid groups (broad SMARTS) is 1. The summed E-state index contributed by atoms with van der Waals surface area (Å²) in [5.41, 5.74) is -0.897. The lowest BCUT2D eigenvalue weighted by atomic mass is 10.5. The van der Waals surface area contributed by atoms with Crippen LogP contribution in [-0.4, -0.2) is 29.8 Å². The maximum absolute atomic E-state index is 11.9. The minimum absolute atomic E-state index is 0.202. The number of aromatic nitrogens is 4. The number of carboxylic acids is 1. The minimum Gasteiger partial charge on any atom is -0.480 e. The largest absolute Gasteiger partial charge is 0.480 e. The molecule has 0 spiro atoms. The SMILES string of the molecule is Cn1cnc2c1c(=O)n(CC(=O)O)c(=O)n2C. The molecule has 0 radical (unpaired) electrons. The zero-order valence-electron chi connectivity index (χ0n) is 9.25. The molecule has 0 bridgehead atoms. The van der Waals surface area contributed by atoms with Gasteiger partial charge in [0.05, 0.1) is 6.33 Å². The Morgan fingerprint density at radius 1 is 1.41 bits per heavy atom. The smallest absolute Gasteiger partial charge is 0.333 e. The van der Waals surface area contributed by atoms with Crippen molar-refractivity contribution in [2.75, 3.05) is 0 Å². The lowest BCUT2D eigenvalue weighted by Crippen LogP contribution is -2.41. The number of hydrogen-bond donors (Lipinski definition) is 1. The number of rotatable bonds is 2. The summed E-state index contributed by atoms with van der Waals surface area (Å²) in [5, 5.41) is 8.67. The molecular weight excluding hydrogens is 228 g/mol. The third-order valence-electron chi connectivity index (χ3n) is 2.49. The molecule has 17 heavy (non-hydrogen) atoms. The molecule has 0 atom stereocenters. The van der Waals surface area contributed by atoms with Crippen molar-refractivity contribution < 1.29 is 9.90 Å². The van der Waals surface area contributed by atoms with E-state index in [1.165, 1.54) is 17.9 Å². The highest BCUT2D eigenvalue weighted by Crippen LogP contribution is 2.02. The first-order chi connectivity index (χ1) is 7.93. The van der Waals surface area contributed by atoms with Crippen LogP contribution in [0.2, 0.25) is 0 Å². The summed E-state index contributed by atoms with van der Waals surface area (Å²) in [6, 6.07) is 0. The van der Waals surface area contributed by atoms with Crippen LogP contribution in [0.25, 0.3) is 11.2 Å². The monoisotopic (exact) mass is 238 g/mol. The normalized spacial score (nSPS) is 10.9. The zero-order valence-corrected chi connectivity index (χ0v) is 9.25. The third-order valence-corrected chi connectivity index (χ3v) is 2.49. The fourth-order valence-corrected chi connectivity index (χ4v) is 1.67. The van der Waals surface area contributed by atoms with E-state index >= 15 is 0 Å². The minimum atomic E-state index is -1.24. The molecule has 0 saturated heterocycles. The fraction of sp³-hybridized carbons (Fsp3) is 0.333. The van der Waals surface area contributed by atoms with E-state index in [9.17, 15) is 14.4 Å². The first kappa shape index (κ1) is 11.1. The summed E-state index contributed by atoms with van der Waals surface area (Å²) in [5.74, 6) is -1.24. The molecule has 0 aromatic carbocycles. The Morgan fingerprint density at radius 3 is 2.65 bits per heavy atom. The highest BCUT2D eigenvalue weighted by Gasteiger charge is 2.16. The second kappa shape index (κ2) is 3.58. The van der Waals surface area contributed by atoms with Crippen molar-refractivity contribution >= 4 is 17.1 Å². The number of nitrogens with zero attached hydrogens (tertiary/aromatic N) is 4. The first-order valence-electron chi connectivity index (χ1n) is 4.76. The summed E-state index contributed by atoms with van der Waals surface area (Å²) in [4.78, 5) is 38.2. The van der Waals surface area contributed by atoms with Gasteiger partial charge in [0.15, 0.2) is 11.2 Å².